The molecule has 0 spiro atoms. The number of methoxy groups -OCH3 is 1. The predicted molar refractivity (Wildman–Crippen MR) is 108 cm³/mol. The molecule has 1 saturated heterocycles. The maximum absolute atomic E-state index is 12.0. The number of hydrogen-bond acceptors (Lipinski definition) is 4. The Labute approximate surface area is 161 Å². The molecule has 2 aromatic rings. The number of benzene rings is 2. The second kappa shape index (κ2) is 9.97. The first-order valence-corrected chi connectivity index (χ1v) is 9.56. The van der Waals surface area contributed by atoms with Gasteiger partial charge in [0, 0.05) is 31.7 Å². The van der Waals surface area contributed by atoms with E-state index in [2.05, 4.69) is 34.5 Å². The molecule has 1 amide bonds. The van der Waals surface area contributed by atoms with Crippen molar-refractivity contribution in [2.75, 3.05) is 44.9 Å². The summed E-state index contributed by atoms with van der Waals surface area (Å²) in [7, 11) is 1.65. The van der Waals surface area contributed by atoms with E-state index >= 15 is 0 Å². The number of carbonyl (C=O) groups is 1. The first-order chi connectivity index (χ1) is 13.2. The fourth-order valence-electron chi connectivity index (χ4n) is 3.18. The van der Waals surface area contributed by atoms with Gasteiger partial charge in [0.05, 0.1) is 20.3 Å². The number of hydrogen-bond donors (Lipinski definition) is 1. The minimum absolute atomic E-state index is 0.0933. The number of anilines is 1. The predicted octanol–water partition coefficient (Wildman–Crippen LogP) is 2.82. The molecule has 5 heteroatoms. The summed E-state index contributed by atoms with van der Waals surface area (Å²) >= 11 is 0. The van der Waals surface area contributed by atoms with Crippen molar-refractivity contribution >= 4 is 11.6 Å². The molecule has 1 aliphatic rings. The molecule has 3 rings (SSSR count). The molecule has 1 heterocycles. The second-order valence-corrected chi connectivity index (χ2v) is 6.71. The Morgan fingerprint density at radius 3 is 2.30 bits per heavy atom. The third-order valence-corrected chi connectivity index (χ3v) is 4.85. The van der Waals surface area contributed by atoms with E-state index in [1.165, 1.54) is 11.3 Å². The van der Waals surface area contributed by atoms with Crippen LogP contribution in [0.5, 0.6) is 5.75 Å². The molecule has 1 aliphatic heterocycles. The van der Waals surface area contributed by atoms with Crippen molar-refractivity contribution in [2.45, 2.75) is 19.3 Å². The maximum atomic E-state index is 12.0. The van der Waals surface area contributed by atoms with Gasteiger partial charge in [0.25, 0.3) is 0 Å². The molecule has 0 bridgehead atoms. The quantitative estimate of drug-likeness (QED) is 0.778. The largest absolute Gasteiger partial charge is 0.497 e. The lowest BCUT2D eigenvalue weighted by atomic mass is 10.1. The molecule has 27 heavy (non-hydrogen) atoms. The molecule has 2 aromatic carbocycles. The smallest absolute Gasteiger partial charge is 0.220 e. The zero-order valence-corrected chi connectivity index (χ0v) is 15.9. The van der Waals surface area contributed by atoms with Crippen LogP contribution in [0.1, 0.15) is 17.5 Å². The third kappa shape index (κ3) is 6.00. The highest BCUT2D eigenvalue weighted by Crippen LogP contribution is 2.17. The van der Waals surface area contributed by atoms with Gasteiger partial charge in [-0.2, -0.15) is 0 Å². The summed E-state index contributed by atoms with van der Waals surface area (Å²) in [6.07, 6.45) is 2.09. The number of nitrogens with zero attached hydrogens (tertiary/aromatic N) is 1. The van der Waals surface area contributed by atoms with Crippen LogP contribution in [-0.2, 0) is 22.4 Å². The standard InChI is InChI=1S/C22H28N2O3/c1-26-21-9-4-18(5-10-21)6-11-22(25)23-13-12-19-2-7-20(8-3-19)24-14-16-27-17-15-24/h2-5,7-10H,6,11-17H2,1H3,(H,23,25). The number of aryl methyl sites for hydroxylation is 1. The molecule has 1 fully saturated rings. The van der Waals surface area contributed by atoms with Crippen molar-refractivity contribution < 1.29 is 14.3 Å². The van der Waals surface area contributed by atoms with E-state index in [0.717, 1.165) is 50.5 Å². The minimum Gasteiger partial charge on any atom is -0.497 e. The summed E-state index contributed by atoms with van der Waals surface area (Å²) in [6, 6.07) is 16.5. The molecule has 0 saturated carbocycles. The number of rotatable bonds is 8. The number of nitrogens with one attached hydrogen (secondary N) is 1. The Balaban J connectivity index is 1.36. The number of carbonyl (C=O) groups excluding carboxylic acids is 1. The zero-order valence-electron chi connectivity index (χ0n) is 15.9. The van der Waals surface area contributed by atoms with Crippen molar-refractivity contribution in [1.82, 2.24) is 5.32 Å². The van der Waals surface area contributed by atoms with Gasteiger partial charge in [0.2, 0.25) is 5.91 Å². The topological polar surface area (TPSA) is 50.8 Å². The molecule has 0 radical (unpaired) electrons. The Morgan fingerprint density at radius 2 is 1.63 bits per heavy atom. The Kier molecular flexibility index (Phi) is 7.11. The summed E-state index contributed by atoms with van der Waals surface area (Å²) in [5, 5.41) is 3.01. The number of ether oxygens (including phenoxy) is 2. The van der Waals surface area contributed by atoms with Gasteiger partial charge in [0.15, 0.2) is 0 Å². The van der Waals surface area contributed by atoms with E-state index in [9.17, 15) is 4.79 Å². The van der Waals surface area contributed by atoms with E-state index in [0.29, 0.717) is 13.0 Å². The summed E-state index contributed by atoms with van der Waals surface area (Å²) in [4.78, 5) is 14.4. The van der Waals surface area contributed by atoms with Crippen molar-refractivity contribution in [1.29, 1.82) is 0 Å². The van der Waals surface area contributed by atoms with E-state index in [1.807, 2.05) is 24.3 Å². The van der Waals surface area contributed by atoms with Crippen LogP contribution in [0, 0.1) is 0 Å². The fourth-order valence-corrected chi connectivity index (χ4v) is 3.18. The van der Waals surface area contributed by atoms with Crippen LogP contribution in [0.15, 0.2) is 48.5 Å². The summed E-state index contributed by atoms with van der Waals surface area (Å²) in [6.45, 7) is 4.15. The Bertz CT molecular complexity index is 707. The first-order valence-electron chi connectivity index (χ1n) is 9.56. The van der Waals surface area contributed by atoms with Crippen LogP contribution in [0.2, 0.25) is 0 Å². The van der Waals surface area contributed by atoms with E-state index in [-0.39, 0.29) is 5.91 Å². The Morgan fingerprint density at radius 1 is 1.00 bits per heavy atom. The van der Waals surface area contributed by atoms with Gasteiger partial charge in [-0.15, -0.1) is 0 Å². The van der Waals surface area contributed by atoms with E-state index < -0.39 is 0 Å². The highest BCUT2D eigenvalue weighted by molar-refractivity contribution is 5.76. The van der Waals surface area contributed by atoms with Crippen LogP contribution in [0.4, 0.5) is 5.69 Å². The molecule has 144 valence electrons. The lowest BCUT2D eigenvalue weighted by Crippen LogP contribution is -2.36. The minimum atomic E-state index is 0.0933. The summed E-state index contributed by atoms with van der Waals surface area (Å²) in [5.74, 6) is 0.929. The molecule has 0 aromatic heterocycles. The normalized spacial score (nSPS) is 14.0. The molecule has 0 atom stereocenters. The molecule has 1 N–H and O–H groups in total. The number of amides is 1. The van der Waals surface area contributed by atoms with Crippen LogP contribution in [0.3, 0.4) is 0 Å². The van der Waals surface area contributed by atoms with Crippen molar-refractivity contribution in [3.63, 3.8) is 0 Å². The fraction of sp³-hybridized carbons (Fsp3) is 0.409. The van der Waals surface area contributed by atoms with Gasteiger partial charge >= 0.3 is 0 Å². The van der Waals surface area contributed by atoms with Crippen LogP contribution in [0.25, 0.3) is 0 Å². The number of morpholine rings is 1. The van der Waals surface area contributed by atoms with Gasteiger partial charge < -0.3 is 19.7 Å². The SMILES string of the molecule is COc1ccc(CCC(=O)NCCc2ccc(N3CCOCC3)cc2)cc1. The van der Waals surface area contributed by atoms with Crippen molar-refractivity contribution in [2.24, 2.45) is 0 Å². The lowest BCUT2D eigenvalue weighted by molar-refractivity contribution is -0.121. The van der Waals surface area contributed by atoms with Gasteiger partial charge in [-0.1, -0.05) is 24.3 Å². The summed E-state index contributed by atoms with van der Waals surface area (Å²) < 4.78 is 10.5. The second-order valence-electron chi connectivity index (χ2n) is 6.71. The maximum Gasteiger partial charge on any atom is 0.220 e. The molecule has 0 aliphatic carbocycles. The van der Waals surface area contributed by atoms with E-state index in [1.54, 1.807) is 7.11 Å². The van der Waals surface area contributed by atoms with Crippen molar-refractivity contribution in [3.05, 3.63) is 59.7 Å². The average molecular weight is 368 g/mol. The molecular formula is C22H28N2O3. The highest BCUT2D eigenvalue weighted by Gasteiger charge is 2.10. The highest BCUT2D eigenvalue weighted by atomic mass is 16.5. The first kappa shape index (κ1) is 19.2. The zero-order chi connectivity index (χ0) is 18.9. The Hall–Kier alpha value is -2.53. The van der Waals surface area contributed by atoms with Crippen LogP contribution >= 0.6 is 0 Å². The van der Waals surface area contributed by atoms with Crippen LogP contribution < -0.4 is 15.0 Å². The van der Waals surface area contributed by atoms with Crippen LogP contribution in [-0.4, -0.2) is 45.9 Å². The summed E-state index contributed by atoms with van der Waals surface area (Å²) in [5.41, 5.74) is 3.62. The molecule has 5 nitrogen and oxygen atoms in total. The van der Waals surface area contributed by atoms with Gasteiger partial charge in [0.1, 0.15) is 5.75 Å². The third-order valence-electron chi connectivity index (χ3n) is 4.85. The van der Waals surface area contributed by atoms with Gasteiger partial charge in [-0.3, -0.25) is 4.79 Å². The van der Waals surface area contributed by atoms with Gasteiger partial charge in [-0.05, 0) is 48.2 Å². The molecular weight excluding hydrogens is 340 g/mol. The molecule has 0 unspecified atom stereocenters. The van der Waals surface area contributed by atoms with E-state index in [4.69, 9.17) is 9.47 Å². The van der Waals surface area contributed by atoms with Gasteiger partial charge in [-0.25, -0.2) is 0 Å². The lowest BCUT2D eigenvalue weighted by Gasteiger charge is -2.28. The van der Waals surface area contributed by atoms with Crippen molar-refractivity contribution in [3.8, 4) is 5.75 Å². The average Bonchev–Trinajstić information content (AvgIpc) is 2.74. The monoisotopic (exact) mass is 368 g/mol.